The predicted octanol–water partition coefficient (Wildman–Crippen LogP) is 4.58. The van der Waals surface area contributed by atoms with Crippen molar-refractivity contribution in [3.63, 3.8) is 0 Å². The van der Waals surface area contributed by atoms with E-state index in [1.54, 1.807) is 14.0 Å². The molecule has 1 heterocycles. The molecule has 3 aromatic rings. The number of nitrogens with zero attached hydrogens (tertiary/aromatic N) is 1. The van der Waals surface area contributed by atoms with Crippen LogP contribution in [-0.4, -0.2) is 24.3 Å². The smallest absolute Gasteiger partial charge is 0.355 e. The Morgan fingerprint density at radius 2 is 1.96 bits per heavy atom. The number of carbonyl (C=O) groups is 1. The number of esters is 1. The first-order valence-electron chi connectivity index (χ1n) is 7.27. The fraction of sp³-hybridized carbons (Fsp3) is 0.167. The quantitative estimate of drug-likeness (QED) is 0.628. The first-order valence-corrected chi connectivity index (χ1v) is 8.07. The summed E-state index contributed by atoms with van der Waals surface area (Å²) in [6.45, 7) is 2.12. The number of hydrogen-bond donors (Lipinski definition) is 0. The van der Waals surface area contributed by atoms with Crippen LogP contribution >= 0.6 is 15.9 Å². The molecule has 0 aliphatic rings. The first-order chi connectivity index (χ1) is 11.2. The molecule has 3 rings (SSSR count). The van der Waals surface area contributed by atoms with E-state index in [1.165, 1.54) is 0 Å². The molecule has 0 spiro atoms. The van der Waals surface area contributed by atoms with Crippen molar-refractivity contribution in [1.82, 2.24) is 4.57 Å². The number of para-hydroxylation sites is 2. The summed E-state index contributed by atoms with van der Waals surface area (Å²) in [4.78, 5) is 12.4. The predicted molar refractivity (Wildman–Crippen MR) is 93.5 cm³/mol. The highest BCUT2D eigenvalue weighted by Gasteiger charge is 2.20. The third kappa shape index (κ3) is 2.72. The highest BCUT2D eigenvalue weighted by Crippen LogP contribution is 2.33. The molecule has 0 fully saturated rings. The van der Waals surface area contributed by atoms with Crippen molar-refractivity contribution in [1.29, 1.82) is 0 Å². The van der Waals surface area contributed by atoms with Crippen molar-refractivity contribution in [2.45, 2.75) is 6.92 Å². The zero-order chi connectivity index (χ0) is 16.4. The Morgan fingerprint density at radius 1 is 1.17 bits per heavy atom. The Kier molecular flexibility index (Phi) is 4.39. The highest BCUT2D eigenvalue weighted by molar-refractivity contribution is 9.10. The lowest BCUT2D eigenvalue weighted by Gasteiger charge is -2.13. The molecule has 0 amide bonds. The molecule has 0 radical (unpaired) electrons. The van der Waals surface area contributed by atoms with Gasteiger partial charge in [-0.15, -0.1) is 0 Å². The summed E-state index contributed by atoms with van der Waals surface area (Å²) < 4.78 is 13.5. The van der Waals surface area contributed by atoms with Gasteiger partial charge in [-0.25, -0.2) is 4.79 Å². The van der Waals surface area contributed by atoms with Crippen molar-refractivity contribution in [2.75, 3.05) is 13.7 Å². The van der Waals surface area contributed by atoms with Crippen LogP contribution in [0.25, 0.3) is 16.6 Å². The minimum Gasteiger partial charge on any atom is -0.495 e. The minimum atomic E-state index is -0.360. The SMILES string of the molecule is CCOC(=O)c1cc2c(Br)cccc2n1-c1ccccc1OC. The Hall–Kier alpha value is -2.27. The van der Waals surface area contributed by atoms with E-state index in [4.69, 9.17) is 9.47 Å². The molecule has 0 N–H and O–H groups in total. The molecule has 0 saturated carbocycles. The zero-order valence-electron chi connectivity index (χ0n) is 12.9. The lowest BCUT2D eigenvalue weighted by molar-refractivity contribution is 0.0517. The van der Waals surface area contributed by atoms with Crippen molar-refractivity contribution in [3.8, 4) is 11.4 Å². The van der Waals surface area contributed by atoms with Gasteiger partial charge in [-0.3, -0.25) is 4.57 Å². The number of benzene rings is 2. The fourth-order valence-electron chi connectivity index (χ4n) is 2.62. The monoisotopic (exact) mass is 373 g/mol. The largest absolute Gasteiger partial charge is 0.495 e. The summed E-state index contributed by atoms with van der Waals surface area (Å²) in [6, 6.07) is 15.3. The van der Waals surface area contributed by atoms with Crippen LogP contribution < -0.4 is 4.74 Å². The van der Waals surface area contributed by atoms with Crippen LogP contribution in [0.15, 0.2) is 53.0 Å². The van der Waals surface area contributed by atoms with E-state index in [1.807, 2.05) is 53.1 Å². The Bertz CT molecular complexity index is 870. The highest BCUT2D eigenvalue weighted by atomic mass is 79.9. The van der Waals surface area contributed by atoms with Gasteiger partial charge in [-0.2, -0.15) is 0 Å². The van der Waals surface area contributed by atoms with Gasteiger partial charge in [0.1, 0.15) is 11.4 Å². The van der Waals surface area contributed by atoms with E-state index in [9.17, 15) is 4.79 Å². The van der Waals surface area contributed by atoms with Crippen LogP contribution in [-0.2, 0) is 4.74 Å². The summed E-state index contributed by atoms with van der Waals surface area (Å²) in [5.74, 6) is 0.331. The van der Waals surface area contributed by atoms with Crippen LogP contribution in [0, 0.1) is 0 Å². The minimum absolute atomic E-state index is 0.327. The van der Waals surface area contributed by atoms with Crippen LogP contribution in [0.1, 0.15) is 17.4 Å². The molecule has 4 nitrogen and oxygen atoms in total. The van der Waals surface area contributed by atoms with Crippen LogP contribution in [0.4, 0.5) is 0 Å². The summed E-state index contributed by atoms with van der Waals surface area (Å²) in [5.41, 5.74) is 2.18. The molecule has 5 heteroatoms. The summed E-state index contributed by atoms with van der Waals surface area (Å²) in [5, 5.41) is 0.946. The number of halogens is 1. The molecule has 0 aliphatic carbocycles. The van der Waals surface area contributed by atoms with Crippen molar-refractivity contribution < 1.29 is 14.3 Å². The molecule has 1 aromatic heterocycles. The summed E-state index contributed by atoms with van der Waals surface area (Å²) in [7, 11) is 1.62. The lowest BCUT2D eigenvalue weighted by atomic mass is 10.2. The average Bonchev–Trinajstić information content (AvgIpc) is 2.96. The number of methoxy groups -OCH3 is 1. The molecular weight excluding hydrogens is 358 g/mol. The average molecular weight is 374 g/mol. The van der Waals surface area contributed by atoms with Gasteiger partial charge in [-0.05, 0) is 37.3 Å². The van der Waals surface area contributed by atoms with E-state index in [0.717, 1.165) is 21.1 Å². The van der Waals surface area contributed by atoms with E-state index < -0.39 is 0 Å². The molecule has 23 heavy (non-hydrogen) atoms. The van der Waals surface area contributed by atoms with Gasteiger partial charge in [0.25, 0.3) is 0 Å². The third-order valence-corrected chi connectivity index (χ3v) is 4.29. The second kappa shape index (κ2) is 6.46. The number of hydrogen-bond acceptors (Lipinski definition) is 3. The van der Waals surface area contributed by atoms with Crippen LogP contribution in [0.5, 0.6) is 5.75 Å². The van der Waals surface area contributed by atoms with Gasteiger partial charge in [0.2, 0.25) is 0 Å². The second-order valence-electron chi connectivity index (χ2n) is 4.93. The molecule has 0 aliphatic heterocycles. The van der Waals surface area contributed by atoms with Gasteiger partial charge in [0.05, 0.1) is 24.9 Å². The maximum atomic E-state index is 12.4. The number of fused-ring (bicyclic) bond motifs is 1. The van der Waals surface area contributed by atoms with E-state index in [-0.39, 0.29) is 5.97 Å². The Labute approximate surface area is 142 Å². The third-order valence-electron chi connectivity index (χ3n) is 3.60. The number of rotatable bonds is 4. The van der Waals surface area contributed by atoms with Gasteiger partial charge in [0.15, 0.2) is 0 Å². The van der Waals surface area contributed by atoms with Crippen LogP contribution in [0.3, 0.4) is 0 Å². The lowest BCUT2D eigenvalue weighted by Crippen LogP contribution is -2.11. The van der Waals surface area contributed by atoms with Crippen LogP contribution in [0.2, 0.25) is 0 Å². The van der Waals surface area contributed by atoms with Crippen molar-refractivity contribution in [3.05, 3.63) is 58.7 Å². The number of carbonyl (C=O) groups excluding carboxylic acids is 1. The van der Waals surface area contributed by atoms with Gasteiger partial charge < -0.3 is 9.47 Å². The molecule has 0 unspecified atom stereocenters. The maximum Gasteiger partial charge on any atom is 0.355 e. The maximum absolute atomic E-state index is 12.4. The number of aromatic nitrogens is 1. The standard InChI is InChI=1S/C18H16BrNO3/c1-3-23-18(21)16-11-12-13(19)7-6-9-14(12)20(16)15-8-4-5-10-17(15)22-2/h4-11H,3H2,1-2H3. The van der Waals surface area contributed by atoms with Crippen molar-refractivity contribution in [2.24, 2.45) is 0 Å². The van der Waals surface area contributed by atoms with Gasteiger partial charge in [0, 0.05) is 9.86 Å². The van der Waals surface area contributed by atoms with Gasteiger partial charge in [-0.1, -0.05) is 34.1 Å². The van der Waals surface area contributed by atoms with E-state index in [0.29, 0.717) is 18.1 Å². The number of ether oxygens (including phenoxy) is 2. The molecule has 2 aromatic carbocycles. The molecule has 0 saturated heterocycles. The Balaban J connectivity index is 2.35. The van der Waals surface area contributed by atoms with Gasteiger partial charge >= 0.3 is 5.97 Å². The second-order valence-corrected chi connectivity index (χ2v) is 5.78. The van der Waals surface area contributed by atoms with E-state index in [2.05, 4.69) is 15.9 Å². The fourth-order valence-corrected chi connectivity index (χ4v) is 3.09. The summed E-state index contributed by atoms with van der Waals surface area (Å²) in [6.07, 6.45) is 0. The molecule has 118 valence electrons. The molecule has 0 atom stereocenters. The summed E-state index contributed by atoms with van der Waals surface area (Å²) >= 11 is 3.54. The first kappa shape index (κ1) is 15.6. The molecule has 0 bridgehead atoms. The van der Waals surface area contributed by atoms with E-state index >= 15 is 0 Å². The molecular formula is C18H16BrNO3. The normalized spacial score (nSPS) is 10.7. The van der Waals surface area contributed by atoms with Crippen molar-refractivity contribution >= 4 is 32.8 Å². The topological polar surface area (TPSA) is 40.5 Å². The zero-order valence-corrected chi connectivity index (χ0v) is 14.5. The Morgan fingerprint density at radius 3 is 2.70 bits per heavy atom.